The number of unbranched alkanes of at least 4 members (excludes halogenated alkanes) is 9. The zero-order chi connectivity index (χ0) is 27.5. The van der Waals surface area contributed by atoms with Crippen molar-refractivity contribution in [2.24, 2.45) is 0 Å². The molecule has 2 aliphatic heterocycles. The molecule has 2 aliphatic rings. The topological polar surface area (TPSA) is 102 Å². The summed E-state index contributed by atoms with van der Waals surface area (Å²) < 4.78 is 13.6. The Morgan fingerprint density at radius 1 is 0.744 bits per heavy atom. The van der Waals surface area contributed by atoms with Crippen LogP contribution < -0.4 is 0 Å². The maximum absolute atomic E-state index is 13.6. The number of carbonyl (C=O) groups excluding carboxylic acids is 2. The minimum atomic E-state index is -1.69. The number of rotatable bonds is 11. The minimum Gasteiger partial charge on any atom is -0.274 e. The number of amides is 2. The van der Waals surface area contributed by atoms with Crippen LogP contribution in [0.2, 0.25) is 0 Å². The number of imide groups is 1. The van der Waals surface area contributed by atoms with Crippen molar-refractivity contribution < 1.29 is 13.8 Å². The van der Waals surface area contributed by atoms with E-state index in [-0.39, 0.29) is 33.7 Å². The molecule has 0 saturated heterocycles. The molecule has 0 N–H and O–H groups in total. The standard InChI is InChI=1S/C32H31N3O3S/c1-2-3-4-5-6-7-8-9-10-13-16-35-31(36)24-17-21(19-33)27-23-14-11-12-15-26(23)39(38)30-22(20-34)18-25(32(35)37)28(24)29(27)30/h11-12,14-15,17-18H,2-10,13,16H2,1H3. The third-order valence-electron chi connectivity index (χ3n) is 7.83. The molecule has 2 amide bonds. The van der Waals surface area contributed by atoms with Gasteiger partial charge in [-0.05, 0) is 24.6 Å². The van der Waals surface area contributed by atoms with Crippen LogP contribution in [0, 0.1) is 22.7 Å². The number of nitrogens with zero attached hydrogens (tertiary/aromatic N) is 3. The Labute approximate surface area is 231 Å². The van der Waals surface area contributed by atoms with Crippen LogP contribution in [-0.2, 0) is 10.8 Å². The average molecular weight is 538 g/mol. The van der Waals surface area contributed by atoms with Crippen LogP contribution >= 0.6 is 0 Å². The summed E-state index contributed by atoms with van der Waals surface area (Å²) in [7, 11) is -1.69. The van der Waals surface area contributed by atoms with Gasteiger partial charge in [0.05, 0.1) is 48.9 Å². The molecule has 0 saturated carbocycles. The van der Waals surface area contributed by atoms with Gasteiger partial charge in [-0.2, -0.15) is 10.5 Å². The van der Waals surface area contributed by atoms with E-state index in [4.69, 9.17) is 0 Å². The van der Waals surface area contributed by atoms with E-state index < -0.39 is 22.6 Å². The van der Waals surface area contributed by atoms with Crippen molar-refractivity contribution in [1.29, 1.82) is 10.5 Å². The molecular weight excluding hydrogens is 506 g/mol. The van der Waals surface area contributed by atoms with Gasteiger partial charge in [-0.25, -0.2) is 4.21 Å². The first-order valence-corrected chi connectivity index (χ1v) is 15.0. The number of benzene rings is 3. The second-order valence-electron chi connectivity index (χ2n) is 10.3. The molecule has 198 valence electrons. The van der Waals surface area contributed by atoms with Crippen molar-refractivity contribution in [2.75, 3.05) is 6.54 Å². The molecule has 0 fully saturated rings. The Bertz CT molecular complexity index is 1570. The average Bonchev–Trinajstić information content (AvgIpc) is 2.96. The fraction of sp³-hybridized carbons (Fsp3) is 0.375. The fourth-order valence-electron chi connectivity index (χ4n) is 5.88. The van der Waals surface area contributed by atoms with E-state index in [1.807, 2.05) is 0 Å². The van der Waals surface area contributed by atoms with Crippen LogP contribution in [0.1, 0.15) is 103 Å². The van der Waals surface area contributed by atoms with E-state index >= 15 is 0 Å². The number of hydrogen-bond donors (Lipinski definition) is 0. The van der Waals surface area contributed by atoms with Gasteiger partial charge < -0.3 is 0 Å². The lowest BCUT2D eigenvalue weighted by Crippen LogP contribution is -2.41. The van der Waals surface area contributed by atoms with Crippen LogP contribution in [0.5, 0.6) is 0 Å². The minimum absolute atomic E-state index is 0.134. The lowest BCUT2D eigenvalue weighted by Gasteiger charge is -2.31. The van der Waals surface area contributed by atoms with Crippen molar-refractivity contribution >= 4 is 33.4 Å². The molecule has 1 unspecified atom stereocenters. The van der Waals surface area contributed by atoms with Crippen LogP contribution in [-0.4, -0.2) is 27.5 Å². The predicted molar refractivity (Wildman–Crippen MR) is 151 cm³/mol. The Kier molecular flexibility index (Phi) is 7.91. The Morgan fingerprint density at radius 3 is 1.92 bits per heavy atom. The van der Waals surface area contributed by atoms with Gasteiger partial charge in [0.1, 0.15) is 6.07 Å². The number of fused-ring (bicyclic) bond motifs is 2. The van der Waals surface area contributed by atoms with Gasteiger partial charge in [-0.15, -0.1) is 0 Å². The van der Waals surface area contributed by atoms with Crippen LogP contribution in [0.15, 0.2) is 46.2 Å². The zero-order valence-electron chi connectivity index (χ0n) is 22.2. The van der Waals surface area contributed by atoms with Crippen molar-refractivity contribution in [1.82, 2.24) is 4.90 Å². The maximum atomic E-state index is 13.6. The van der Waals surface area contributed by atoms with Gasteiger partial charge >= 0.3 is 0 Å². The molecule has 3 aromatic rings. The first-order valence-electron chi connectivity index (χ1n) is 13.9. The highest BCUT2D eigenvalue weighted by atomic mass is 32.2. The fourth-order valence-corrected chi connectivity index (χ4v) is 7.36. The first kappa shape index (κ1) is 26.8. The quantitative estimate of drug-likeness (QED) is 0.148. The molecule has 1 atom stereocenters. The molecule has 0 spiro atoms. The van der Waals surface area contributed by atoms with E-state index in [1.54, 1.807) is 30.3 Å². The molecule has 0 radical (unpaired) electrons. The first-order chi connectivity index (χ1) is 19.0. The third kappa shape index (κ3) is 4.66. The van der Waals surface area contributed by atoms with Gasteiger partial charge in [-0.3, -0.25) is 14.5 Å². The SMILES string of the molecule is CCCCCCCCCCCCN1C(=O)c2cc(C#N)c3c4c(c(C#N)cc(c24)C1=O)S(=O)c1ccccc1-3. The molecule has 7 heteroatoms. The second kappa shape index (κ2) is 11.5. The van der Waals surface area contributed by atoms with Gasteiger partial charge in [0.2, 0.25) is 0 Å². The van der Waals surface area contributed by atoms with Crippen molar-refractivity contribution in [3.05, 3.63) is 58.7 Å². The molecular formula is C32H31N3O3S. The van der Waals surface area contributed by atoms with Gasteiger partial charge in [0.25, 0.3) is 11.8 Å². The molecule has 0 aromatic heterocycles. The Balaban J connectivity index is 1.45. The van der Waals surface area contributed by atoms with E-state index in [0.717, 1.165) is 19.3 Å². The van der Waals surface area contributed by atoms with Gasteiger partial charge in [0, 0.05) is 28.4 Å². The third-order valence-corrected chi connectivity index (χ3v) is 9.38. The summed E-state index contributed by atoms with van der Waals surface area (Å²) in [5, 5.41) is 20.9. The second-order valence-corrected chi connectivity index (χ2v) is 11.7. The summed E-state index contributed by atoms with van der Waals surface area (Å²) in [6, 6.07) is 14.4. The van der Waals surface area contributed by atoms with E-state index in [1.165, 1.54) is 49.5 Å². The highest BCUT2D eigenvalue weighted by Crippen LogP contribution is 2.48. The lowest BCUT2D eigenvalue weighted by molar-refractivity contribution is 0.0607. The summed E-state index contributed by atoms with van der Waals surface area (Å²) in [6.07, 6.45) is 11.4. The summed E-state index contributed by atoms with van der Waals surface area (Å²) in [6.45, 7) is 2.51. The summed E-state index contributed by atoms with van der Waals surface area (Å²) in [4.78, 5) is 29.3. The highest BCUT2D eigenvalue weighted by Gasteiger charge is 2.39. The normalized spacial score (nSPS) is 15.3. The highest BCUT2D eigenvalue weighted by molar-refractivity contribution is 7.85. The Hall–Kier alpha value is -3.81. The van der Waals surface area contributed by atoms with Crippen LogP contribution in [0.25, 0.3) is 21.9 Å². The molecule has 39 heavy (non-hydrogen) atoms. The smallest absolute Gasteiger partial charge is 0.261 e. The summed E-state index contributed by atoms with van der Waals surface area (Å²) in [5.74, 6) is -0.876. The largest absolute Gasteiger partial charge is 0.274 e. The molecule has 3 aromatic carbocycles. The molecule has 2 heterocycles. The van der Waals surface area contributed by atoms with Crippen molar-refractivity contribution in [2.45, 2.75) is 80.9 Å². The van der Waals surface area contributed by atoms with Crippen LogP contribution in [0.3, 0.4) is 0 Å². The monoisotopic (exact) mass is 537 g/mol. The molecule has 6 nitrogen and oxygen atoms in total. The van der Waals surface area contributed by atoms with E-state index in [2.05, 4.69) is 19.1 Å². The van der Waals surface area contributed by atoms with Crippen LogP contribution in [0.4, 0.5) is 0 Å². The summed E-state index contributed by atoms with van der Waals surface area (Å²) >= 11 is 0. The summed E-state index contributed by atoms with van der Waals surface area (Å²) in [5.41, 5.74) is 2.08. The lowest BCUT2D eigenvalue weighted by atomic mass is 9.84. The predicted octanol–water partition coefficient (Wildman–Crippen LogP) is 7.25. The molecule has 0 aliphatic carbocycles. The molecule has 5 rings (SSSR count). The van der Waals surface area contributed by atoms with Gasteiger partial charge in [-0.1, -0.05) is 82.9 Å². The maximum Gasteiger partial charge on any atom is 0.261 e. The molecule has 0 bridgehead atoms. The van der Waals surface area contributed by atoms with Crippen molar-refractivity contribution in [3.63, 3.8) is 0 Å². The number of hydrogen-bond acceptors (Lipinski definition) is 5. The van der Waals surface area contributed by atoms with E-state index in [0.29, 0.717) is 33.2 Å². The Morgan fingerprint density at radius 2 is 1.31 bits per heavy atom. The van der Waals surface area contributed by atoms with E-state index in [9.17, 15) is 24.3 Å². The van der Waals surface area contributed by atoms with Crippen molar-refractivity contribution in [3.8, 4) is 23.3 Å². The number of carbonyl (C=O) groups is 2. The zero-order valence-corrected chi connectivity index (χ0v) is 23.0. The van der Waals surface area contributed by atoms with Gasteiger partial charge in [0.15, 0.2) is 0 Å². The number of nitriles is 2.